The minimum Gasteiger partial charge on any atom is -0.0999 e. The Balaban J connectivity index is 3.60. The van der Waals surface area contributed by atoms with Gasteiger partial charge in [0.05, 0.1) is 20.1 Å². The molecule has 0 spiro atoms. The lowest BCUT2D eigenvalue weighted by molar-refractivity contribution is 1.32. The zero-order valence-corrected chi connectivity index (χ0v) is 11.4. The van der Waals surface area contributed by atoms with E-state index in [0.29, 0.717) is 21.2 Å². The maximum atomic E-state index is 5.93. The molecule has 0 aliphatic rings. The van der Waals surface area contributed by atoms with E-state index in [0.717, 1.165) is 0 Å². The SMILES string of the molecule is Cc1c(Cl)c(Cl)c(C(Cl)Cl)c(Cl)c1Cl. The fraction of sp³-hybridized carbons (Fsp3) is 0.250. The van der Waals surface area contributed by atoms with Crippen LogP contribution in [0.15, 0.2) is 0 Å². The molecule has 0 heterocycles. The molecule has 0 unspecified atom stereocenters. The number of rotatable bonds is 1. The maximum Gasteiger partial charge on any atom is 0.135 e. The summed E-state index contributed by atoms with van der Waals surface area (Å²) < 4.78 is 0. The molecule has 0 atom stereocenters. The average molecular weight is 313 g/mol. The van der Waals surface area contributed by atoms with E-state index >= 15 is 0 Å². The lowest BCUT2D eigenvalue weighted by atomic mass is 10.1. The van der Waals surface area contributed by atoms with E-state index in [1.54, 1.807) is 6.92 Å². The first-order valence-electron chi connectivity index (χ1n) is 3.48. The molecule has 0 aliphatic heterocycles. The quantitative estimate of drug-likeness (QED) is 0.435. The molecule has 1 aromatic carbocycles. The zero-order chi connectivity index (χ0) is 11.0. The van der Waals surface area contributed by atoms with Gasteiger partial charge in [0.25, 0.3) is 0 Å². The summed E-state index contributed by atoms with van der Waals surface area (Å²) in [6.07, 6.45) is 0. The van der Waals surface area contributed by atoms with Gasteiger partial charge in [-0.2, -0.15) is 0 Å². The molecule has 0 saturated carbocycles. The summed E-state index contributed by atoms with van der Waals surface area (Å²) in [5, 5.41) is 1.13. The Bertz CT molecular complexity index is 342. The number of hydrogen-bond acceptors (Lipinski definition) is 0. The van der Waals surface area contributed by atoms with Gasteiger partial charge in [-0.05, 0) is 12.5 Å². The summed E-state index contributed by atoms with van der Waals surface area (Å²) in [6, 6.07) is 0. The van der Waals surface area contributed by atoms with Gasteiger partial charge in [-0.15, -0.1) is 0 Å². The summed E-state index contributed by atoms with van der Waals surface area (Å²) >= 11 is 35.1. The molecule has 0 saturated heterocycles. The van der Waals surface area contributed by atoms with Crippen molar-refractivity contribution in [2.75, 3.05) is 0 Å². The van der Waals surface area contributed by atoms with Gasteiger partial charge >= 0.3 is 0 Å². The topological polar surface area (TPSA) is 0 Å². The third-order valence-electron chi connectivity index (χ3n) is 1.74. The van der Waals surface area contributed by atoms with Crippen LogP contribution in [-0.2, 0) is 0 Å². The van der Waals surface area contributed by atoms with E-state index < -0.39 is 4.84 Å². The molecule has 14 heavy (non-hydrogen) atoms. The summed E-state index contributed by atoms with van der Waals surface area (Å²) in [5.41, 5.74) is 0.957. The van der Waals surface area contributed by atoms with Crippen molar-refractivity contribution in [2.24, 2.45) is 0 Å². The van der Waals surface area contributed by atoms with Crippen LogP contribution >= 0.6 is 69.6 Å². The Morgan fingerprint density at radius 3 is 1.43 bits per heavy atom. The highest BCUT2D eigenvalue weighted by atomic mass is 35.5. The van der Waals surface area contributed by atoms with Crippen LogP contribution in [0.25, 0.3) is 0 Å². The highest BCUT2D eigenvalue weighted by molar-refractivity contribution is 6.52. The third-order valence-corrected chi connectivity index (χ3v) is 4.10. The molecular weight excluding hydrogens is 309 g/mol. The van der Waals surface area contributed by atoms with Crippen molar-refractivity contribution in [1.82, 2.24) is 0 Å². The van der Waals surface area contributed by atoms with Gasteiger partial charge in [0.1, 0.15) is 4.84 Å². The molecule has 0 nitrogen and oxygen atoms in total. The predicted molar refractivity (Wildman–Crippen MR) is 65.7 cm³/mol. The van der Waals surface area contributed by atoms with Crippen LogP contribution in [0, 0.1) is 6.92 Å². The van der Waals surface area contributed by atoms with Crippen LogP contribution in [-0.4, -0.2) is 0 Å². The largest absolute Gasteiger partial charge is 0.135 e. The highest BCUT2D eigenvalue weighted by Gasteiger charge is 2.21. The Kier molecular flexibility index (Phi) is 4.52. The van der Waals surface area contributed by atoms with Crippen LogP contribution in [0.1, 0.15) is 16.0 Å². The van der Waals surface area contributed by atoms with Crippen LogP contribution in [0.5, 0.6) is 0 Å². The number of benzene rings is 1. The number of alkyl halides is 2. The predicted octanol–water partition coefficient (Wildman–Crippen LogP) is 6.08. The first-order chi connectivity index (χ1) is 6.37. The molecule has 1 rings (SSSR count). The van der Waals surface area contributed by atoms with Crippen LogP contribution in [0.4, 0.5) is 0 Å². The maximum absolute atomic E-state index is 5.93. The molecule has 1 aromatic rings. The minimum absolute atomic E-state index is 0.244. The van der Waals surface area contributed by atoms with E-state index in [1.165, 1.54) is 0 Å². The smallest absolute Gasteiger partial charge is 0.0999 e. The second-order valence-corrected chi connectivity index (χ2v) is 5.20. The Morgan fingerprint density at radius 2 is 1.14 bits per heavy atom. The van der Waals surface area contributed by atoms with Gasteiger partial charge < -0.3 is 0 Å². The van der Waals surface area contributed by atoms with E-state index in [4.69, 9.17) is 69.6 Å². The van der Waals surface area contributed by atoms with Crippen LogP contribution < -0.4 is 0 Å². The fourth-order valence-electron chi connectivity index (χ4n) is 0.950. The van der Waals surface area contributed by atoms with Crippen molar-refractivity contribution in [1.29, 1.82) is 0 Å². The lowest BCUT2D eigenvalue weighted by Gasteiger charge is -2.13. The Labute approximate surface area is 112 Å². The lowest BCUT2D eigenvalue weighted by Crippen LogP contribution is -1.92. The van der Waals surface area contributed by atoms with E-state index in [2.05, 4.69) is 0 Å². The number of hydrogen-bond donors (Lipinski definition) is 0. The molecule has 78 valence electrons. The van der Waals surface area contributed by atoms with E-state index in [1.807, 2.05) is 0 Å². The van der Waals surface area contributed by atoms with Crippen molar-refractivity contribution >= 4 is 69.6 Å². The third kappa shape index (κ3) is 2.21. The standard InChI is InChI=1S/C8H4Cl6/c1-2-4(9)6(11)3(8(13)14)7(12)5(2)10/h8H,1H3. The summed E-state index contributed by atoms with van der Waals surface area (Å²) in [5.74, 6) is 0. The highest BCUT2D eigenvalue weighted by Crippen LogP contribution is 2.45. The van der Waals surface area contributed by atoms with Crippen molar-refractivity contribution in [3.8, 4) is 0 Å². The van der Waals surface area contributed by atoms with E-state index in [-0.39, 0.29) is 10.0 Å². The van der Waals surface area contributed by atoms with Gasteiger partial charge in [-0.3, -0.25) is 0 Å². The average Bonchev–Trinajstić information content (AvgIpc) is 2.11. The van der Waals surface area contributed by atoms with Gasteiger partial charge in [0.15, 0.2) is 0 Å². The van der Waals surface area contributed by atoms with Gasteiger partial charge in [0.2, 0.25) is 0 Å². The van der Waals surface area contributed by atoms with Crippen molar-refractivity contribution in [2.45, 2.75) is 11.8 Å². The second-order valence-electron chi connectivity index (χ2n) is 2.60. The molecule has 0 aliphatic carbocycles. The monoisotopic (exact) mass is 310 g/mol. The number of halogens is 6. The van der Waals surface area contributed by atoms with Gasteiger partial charge in [0, 0.05) is 5.56 Å². The van der Waals surface area contributed by atoms with Crippen LogP contribution in [0.3, 0.4) is 0 Å². The first kappa shape index (κ1) is 13.0. The first-order valence-corrected chi connectivity index (χ1v) is 5.87. The summed E-state index contributed by atoms with van der Waals surface area (Å²) in [4.78, 5) is -0.856. The minimum atomic E-state index is -0.856. The second kappa shape index (κ2) is 4.86. The molecule has 0 aromatic heterocycles. The van der Waals surface area contributed by atoms with Crippen molar-refractivity contribution in [3.05, 3.63) is 31.2 Å². The summed E-state index contributed by atoms with van der Waals surface area (Å²) in [7, 11) is 0. The fourth-order valence-corrected chi connectivity index (χ4v) is 2.79. The van der Waals surface area contributed by atoms with E-state index in [9.17, 15) is 0 Å². The molecule has 0 amide bonds. The normalized spacial score (nSPS) is 11.1. The van der Waals surface area contributed by atoms with Gasteiger partial charge in [-0.1, -0.05) is 69.6 Å². The molecule has 0 fully saturated rings. The molecule has 0 N–H and O–H groups in total. The van der Waals surface area contributed by atoms with Crippen molar-refractivity contribution < 1.29 is 0 Å². The Hall–Kier alpha value is 0.960. The zero-order valence-electron chi connectivity index (χ0n) is 6.85. The van der Waals surface area contributed by atoms with Crippen molar-refractivity contribution in [3.63, 3.8) is 0 Å². The molecule has 0 bridgehead atoms. The van der Waals surface area contributed by atoms with Crippen LogP contribution in [0.2, 0.25) is 20.1 Å². The molecule has 6 heteroatoms. The van der Waals surface area contributed by atoms with Gasteiger partial charge in [-0.25, -0.2) is 0 Å². The molecule has 0 radical (unpaired) electrons. The molecular formula is C8H4Cl6. The summed E-state index contributed by atoms with van der Waals surface area (Å²) in [6.45, 7) is 1.71. The Morgan fingerprint density at radius 1 is 0.786 bits per heavy atom.